The fourth-order valence-corrected chi connectivity index (χ4v) is 3.59. The molecule has 0 saturated heterocycles. The maximum atomic E-state index is 13.9. The number of rotatable bonds is 6. The SMILES string of the molecule is COc1ccc(NS(=O)(=O)c2[nH]ncc2C(=O)Nc2cc(C)ccc2F)cc1. The van der Waals surface area contributed by atoms with E-state index in [1.54, 1.807) is 25.1 Å². The van der Waals surface area contributed by atoms with Crippen LogP contribution in [0.25, 0.3) is 0 Å². The van der Waals surface area contributed by atoms with Gasteiger partial charge >= 0.3 is 0 Å². The molecule has 1 amide bonds. The summed E-state index contributed by atoms with van der Waals surface area (Å²) in [6.07, 6.45) is 1.06. The van der Waals surface area contributed by atoms with Gasteiger partial charge in [-0.3, -0.25) is 14.6 Å². The van der Waals surface area contributed by atoms with Crippen molar-refractivity contribution in [2.45, 2.75) is 11.9 Å². The molecule has 0 saturated carbocycles. The average Bonchev–Trinajstić information content (AvgIpc) is 3.16. The lowest BCUT2D eigenvalue weighted by molar-refractivity contribution is 0.102. The number of hydrogen-bond acceptors (Lipinski definition) is 5. The summed E-state index contributed by atoms with van der Waals surface area (Å²) in [6.45, 7) is 1.74. The minimum absolute atomic E-state index is 0.0577. The van der Waals surface area contributed by atoms with E-state index in [-0.39, 0.29) is 16.9 Å². The Hall–Kier alpha value is -3.40. The minimum Gasteiger partial charge on any atom is -0.497 e. The molecule has 0 unspecified atom stereocenters. The molecule has 1 aromatic heterocycles. The van der Waals surface area contributed by atoms with Gasteiger partial charge in [0.1, 0.15) is 11.6 Å². The molecule has 0 radical (unpaired) electrons. The van der Waals surface area contributed by atoms with E-state index in [2.05, 4.69) is 20.2 Å². The number of halogens is 1. The summed E-state index contributed by atoms with van der Waals surface area (Å²) in [4.78, 5) is 12.5. The molecular weight excluding hydrogens is 387 g/mol. The second kappa shape index (κ2) is 7.69. The summed E-state index contributed by atoms with van der Waals surface area (Å²) in [5, 5.41) is 7.87. The first-order chi connectivity index (χ1) is 13.3. The Balaban J connectivity index is 1.85. The number of carbonyl (C=O) groups is 1. The number of aryl methyl sites for hydroxylation is 1. The molecule has 28 heavy (non-hydrogen) atoms. The van der Waals surface area contributed by atoms with Crippen molar-refractivity contribution in [1.29, 1.82) is 0 Å². The fourth-order valence-electron chi connectivity index (χ4n) is 2.43. The number of aromatic nitrogens is 2. The van der Waals surface area contributed by atoms with Gasteiger partial charge in [0.2, 0.25) is 0 Å². The number of methoxy groups -OCH3 is 1. The summed E-state index contributed by atoms with van der Waals surface area (Å²) in [5.41, 5.74) is 0.698. The smallest absolute Gasteiger partial charge is 0.279 e. The molecule has 3 rings (SSSR count). The van der Waals surface area contributed by atoms with Gasteiger partial charge in [0.25, 0.3) is 15.9 Å². The molecule has 2 aromatic carbocycles. The zero-order valence-electron chi connectivity index (χ0n) is 15.0. The molecular formula is C18H17FN4O4S. The van der Waals surface area contributed by atoms with Crippen molar-refractivity contribution in [2.75, 3.05) is 17.1 Å². The van der Waals surface area contributed by atoms with Crippen LogP contribution in [-0.2, 0) is 10.0 Å². The molecule has 0 spiro atoms. The van der Waals surface area contributed by atoms with Gasteiger partial charge < -0.3 is 10.1 Å². The Morgan fingerprint density at radius 1 is 1.18 bits per heavy atom. The molecule has 3 N–H and O–H groups in total. The summed E-state index contributed by atoms with van der Waals surface area (Å²) >= 11 is 0. The van der Waals surface area contributed by atoms with Crippen LogP contribution < -0.4 is 14.8 Å². The van der Waals surface area contributed by atoms with Crippen molar-refractivity contribution in [3.8, 4) is 5.75 Å². The highest BCUT2D eigenvalue weighted by atomic mass is 32.2. The number of sulfonamides is 1. The Bertz CT molecular complexity index is 1110. The monoisotopic (exact) mass is 404 g/mol. The Kier molecular flexibility index (Phi) is 5.32. The largest absolute Gasteiger partial charge is 0.497 e. The number of amides is 1. The number of hydrogen-bond donors (Lipinski definition) is 3. The normalized spacial score (nSPS) is 11.1. The fraction of sp³-hybridized carbons (Fsp3) is 0.111. The van der Waals surface area contributed by atoms with Crippen molar-refractivity contribution in [3.05, 3.63) is 65.6 Å². The van der Waals surface area contributed by atoms with Crippen LogP contribution >= 0.6 is 0 Å². The van der Waals surface area contributed by atoms with E-state index >= 15 is 0 Å². The number of nitrogens with one attached hydrogen (secondary N) is 3. The number of anilines is 2. The first kappa shape index (κ1) is 19.4. The number of H-pyrrole nitrogens is 1. The van der Waals surface area contributed by atoms with E-state index in [4.69, 9.17) is 4.74 Å². The van der Waals surface area contributed by atoms with Crippen LogP contribution in [0.1, 0.15) is 15.9 Å². The van der Waals surface area contributed by atoms with E-state index < -0.39 is 26.8 Å². The third-order valence-corrected chi connectivity index (χ3v) is 5.18. The molecule has 10 heteroatoms. The van der Waals surface area contributed by atoms with Crippen molar-refractivity contribution in [2.24, 2.45) is 0 Å². The summed E-state index contributed by atoms with van der Waals surface area (Å²) < 4.78 is 46.5. The van der Waals surface area contributed by atoms with Gasteiger partial charge in [-0.1, -0.05) is 6.07 Å². The van der Waals surface area contributed by atoms with Crippen LogP contribution in [0.3, 0.4) is 0 Å². The molecule has 3 aromatic rings. The van der Waals surface area contributed by atoms with E-state index in [0.717, 1.165) is 11.8 Å². The highest BCUT2D eigenvalue weighted by molar-refractivity contribution is 7.92. The predicted molar refractivity (Wildman–Crippen MR) is 101 cm³/mol. The van der Waals surface area contributed by atoms with Gasteiger partial charge in [-0.15, -0.1) is 0 Å². The van der Waals surface area contributed by atoms with Gasteiger partial charge in [0.15, 0.2) is 5.03 Å². The lowest BCUT2D eigenvalue weighted by atomic mass is 10.2. The standard InChI is InChI=1S/C18H17FN4O4S/c1-11-3-8-15(19)16(9-11)21-17(24)14-10-20-22-18(14)28(25,26)23-12-4-6-13(27-2)7-5-12/h3-10,23H,1-2H3,(H,20,22)(H,21,24). The van der Waals surface area contributed by atoms with Gasteiger partial charge in [-0.05, 0) is 48.9 Å². The molecule has 0 fully saturated rings. The number of benzene rings is 2. The highest BCUT2D eigenvalue weighted by Gasteiger charge is 2.25. The van der Waals surface area contributed by atoms with Crippen LogP contribution in [0.4, 0.5) is 15.8 Å². The first-order valence-electron chi connectivity index (χ1n) is 8.08. The molecule has 0 aliphatic heterocycles. The topological polar surface area (TPSA) is 113 Å². The third kappa shape index (κ3) is 4.12. The quantitative estimate of drug-likeness (QED) is 0.585. The van der Waals surface area contributed by atoms with Crippen molar-refractivity contribution in [1.82, 2.24) is 10.2 Å². The highest BCUT2D eigenvalue weighted by Crippen LogP contribution is 2.22. The molecule has 146 valence electrons. The average molecular weight is 404 g/mol. The number of aromatic amines is 1. The third-order valence-electron chi connectivity index (χ3n) is 3.83. The van der Waals surface area contributed by atoms with E-state index in [9.17, 15) is 17.6 Å². The van der Waals surface area contributed by atoms with Crippen molar-refractivity contribution < 1.29 is 22.3 Å². The Morgan fingerprint density at radius 2 is 1.89 bits per heavy atom. The maximum absolute atomic E-state index is 13.9. The molecule has 8 nitrogen and oxygen atoms in total. The first-order valence-corrected chi connectivity index (χ1v) is 9.56. The molecule has 0 aliphatic rings. The van der Waals surface area contributed by atoms with Crippen LogP contribution in [0.2, 0.25) is 0 Å². The van der Waals surface area contributed by atoms with Crippen molar-refractivity contribution >= 4 is 27.3 Å². The Labute approximate surface area is 160 Å². The zero-order chi connectivity index (χ0) is 20.3. The van der Waals surface area contributed by atoms with Gasteiger partial charge in [-0.25, -0.2) is 4.39 Å². The second-order valence-corrected chi connectivity index (χ2v) is 7.50. The minimum atomic E-state index is -4.14. The van der Waals surface area contributed by atoms with Crippen LogP contribution in [0.15, 0.2) is 53.7 Å². The predicted octanol–water partition coefficient (Wildman–Crippen LogP) is 2.92. The molecule has 0 atom stereocenters. The van der Waals surface area contributed by atoms with Crippen LogP contribution in [-0.4, -0.2) is 31.6 Å². The van der Waals surface area contributed by atoms with Gasteiger partial charge in [-0.2, -0.15) is 13.5 Å². The van der Waals surface area contributed by atoms with Crippen LogP contribution in [0.5, 0.6) is 5.75 Å². The summed E-state index contributed by atoms with van der Waals surface area (Å²) in [5.74, 6) is -0.888. The van der Waals surface area contributed by atoms with Crippen LogP contribution in [0, 0.1) is 12.7 Å². The molecule has 1 heterocycles. The van der Waals surface area contributed by atoms with Gasteiger partial charge in [0, 0.05) is 5.69 Å². The number of nitrogens with zero attached hydrogens (tertiary/aromatic N) is 1. The molecule has 0 aliphatic carbocycles. The molecule has 0 bridgehead atoms. The van der Waals surface area contributed by atoms with E-state index in [1.807, 2.05) is 0 Å². The van der Waals surface area contributed by atoms with E-state index in [0.29, 0.717) is 5.75 Å². The zero-order valence-corrected chi connectivity index (χ0v) is 15.8. The lowest BCUT2D eigenvalue weighted by Gasteiger charge is -2.10. The summed E-state index contributed by atoms with van der Waals surface area (Å²) in [7, 11) is -2.65. The summed E-state index contributed by atoms with van der Waals surface area (Å²) in [6, 6.07) is 10.4. The van der Waals surface area contributed by atoms with Crippen molar-refractivity contribution in [3.63, 3.8) is 0 Å². The maximum Gasteiger partial charge on any atom is 0.279 e. The number of ether oxygens (including phenoxy) is 1. The second-order valence-electron chi connectivity index (χ2n) is 5.88. The Morgan fingerprint density at radius 3 is 2.57 bits per heavy atom. The van der Waals surface area contributed by atoms with Gasteiger partial charge in [0.05, 0.1) is 24.6 Å². The lowest BCUT2D eigenvalue weighted by Crippen LogP contribution is -2.20. The van der Waals surface area contributed by atoms with E-state index in [1.165, 1.54) is 31.4 Å². The number of carbonyl (C=O) groups excluding carboxylic acids is 1.